The van der Waals surface area contributed by atoms with Gasteiger partial charge in [-0.3, -0.25) is 5.84 Å². The summed E-state index contributed by atoms with van der Waals surface area (Å²) in [6.07, 6.45) is -4.36. The van der Waals surface area contributed by atoms with Crippen LogP contribution in [0.25, 0.3) is 0 Å². The number of hydrogen-bond acceptors (Lipinski definition) is 2. The van der Waals surface area contributed by atoms with E-state index in [1.807, 2.05) is 24.3 Å². The Kier molecular flexibility index (Phi) is 4.66. The third-order valence-corrected chi connectivity index (χ3v) is 3.91. The summed E-state index contributed by atoms with van der Waals surface area (Å²) >= 11 is 2.13. The average molecular weight is 392 g/mol. The predicted octanol–water partition coefficient (Wildman–Crippen LogP) is 3.86. The lowest BCUT2D eigenvalue weighted by Crippen LogP contribution is -2.29. The molecule has 106 valence electrons. The van der Waals surface area contributed by atoms with Gasteiger partial charge in [-0.2, -0.15) is 13.2 Å². The molecule has 0 aliphatic heterocycles. The van der Waals surface area contributed by atoms with Crippen LogP contribution in [0.3, 0.4) is 0 Å². The van der Waals surface area contributed by atoms with E-state index in [2.05, 4.69) is 28.0 Å². The zero-order chi connectivity index (χ0) is 14.8. The molecule has 20 heavy (non-hydrogen) atoms. The Bertz CT molecular complexity index is 599. The summed E-state index contributed by atoms with van der Waals surface area (Å²) in [5.41, 5.74) is 3.22. The molecular formula is C14H12F3IN2. The van der Waals surface area contributed by atoms with Crippen molar-refractivity contribution in [1.82, 2.24) is 5.43 Å². The SMILES string of the molecule is NNC(c1cccc(C(F)(F)F)c1)c1ccccc1I. The molecule has 2 rings (SSSR count). The van der Waals surface area contributed by atoms with Gasteiger partial charge in [0.05, 0.1) is 11.6 Å². The number of rotatable bonds is 3. The number of hydrazine groups is 1. The second-order valence-electron chi connectivity index (χ2n) is 4.24. The van der Waals surface area contributed by atoms with Crippen molar-refractivity contribution in [2.75, 3.05) is 0 Å². The van der Waals surface area contributed by atoms with Crippen LogP contribution < -0.4 is 11.3 Å². The standard InChI is InChI=1S/C14H12F3IN2/c15-14(16,17)10-5-3-4-9(8-10)13(20-19)11-6-1-2-7-12(11)18/h1-8,13,20H,19H2. The summed E-state index contributed by atoms with van der Waals surface area (Å²) in [4.78, 5) is 0. The lowest BCUT2D eigenvalue weighted by Gasteiger charge is -2.19. The molecule has 0 amide bonds. The third kappa shape index (κ3) is 3.31. The van der Waals surface area contributed by atoms with Crippen LogP contribution in [0.5, 0.6) is 0 Å². The van der Waals surface area contributed by atoms with E-state index < -0.39 is 17.8 Å². The summed E-state index contributed by atoms with van der Waals surface area (Å²) < 4.78 is 39.2. The van der Waals surface area contributed by atoms with Crippen LogP contribution in [0.1, 0.15) is 22.7 Å². The Balaban J connectivity index is 2.46. The first-order valence-electron chi connectivity index (χ1n) is 5.81. The van der Waals surface area contributed by atoms with E-state index in [1.165, 1.54) is 6.07 Å². The monoisotopic (exact) mass is 392 g/mol. The molecule has 3 N–H and O–H groups in total. The van der Waals surface area contributed by atoms with Gasteiger partial charge in [-0.05, 0) is 51.9 Å². The van der Waals surface area contributed by atoms with Crippen molar-refractivity contribution in [2.24, 2.45) is 5.84 Å². The molecular weight excluding hydrogens is 380 g/mol. The van der Waals surface area contributed by atoms with Crippen molar-refractivity contribution in [3.63, 3.8) is 0 Å². The van der Waals surface area contributed by atoms with Gasteiger partial charge >= 0.3 is 6.18 Å². The lowest BCUT2D eigenvalue weighted by molar-refractivity contribution is -0.137. The number of hydrogen-bond donors (Lipinski definition) is 2. The van der Waals surface area contributed by atoms with Crippen molar-refractivity contribution < 1.29 is 13.2 Å². The molecule has 1 unspecified atom stereocenters. The Hall–Kier alpha value is -1.12. The minimum absolute atomic E-state index is 0.478. The highest BCUT2D eigenvalue weighted by molar-refractivity contribution is 14.1. The Morgan fingerprint density at radius 1 is 1.05 bits per heavy atom. The van der Waals surface area contributed by atoms with Crippen molar-refractivity contribution in [1.29, 1.82) is 0 Å². The normalized spacial score (nSPS) is 13.2. The van der Waals surface area contributed by atoms with E-state index in [9.17, 15) is 13.2 Å². The fourth-order valence-electron chi connectivity index (χ4n) is 1.97. The minimum Gasteiger partial charge on any atom is -0.271 e. The maximum absolute atomic E-state index is 12.8. The van der Waals surface area contributed by atoms with Crippen LogP contribution in [0, 0.1) is 3.57 Å². The molecule has 1 atom stereocenters. The van der Waals surface area contributed by atoms with Crippen molar-refractivity contribution in [3.8, 4) is 0 Å². The van der Waals surface area contributed by atoms with Crippen LogP contribution in [-0.4, -0.2) is 0 Å². The highest BCUT2D eigenvalue weighted by Gasteiger charge is 2.31. The second kappa shape index (κ2) is 6.11. The maximum atomic E-state index is 12.8. The number of nitrogens with one attached hydrogen (secondary N) is 1. The van der Waals surface area contributed by atoms with Gasteiger partial charge in [0.15, 0.2) is 0 Å². The maximum Gasteiger partial charge on any atom is 0.416 e. The first-order valence-corrected chi connectivity index (χ1v) is 6.89. The van der Waals surface area contributed by atoms with Crippen LogP contribution >= 0.6 is 22.6 Å². The molecule has 2 aromatic carbocycles. The smallest absolute Gasteiger partial charge is 0.271 e. The Labute approximate surface area is 128 Å². The average Bonchev–Trinajstić information content (AvgIpc) is 2.41. The molecule has 6 heteroatoms. The van der Waals surface area contributed by atoms with E-state index in [1.54, 1.807) is 6.07 Å². The molecule has 0 heterocycles. The Morgan fingerprint density at radius 2 is 1.75 bits per heavy atom. The summed E-state index contributed by atoms with van der Waals surface area (Å²) in [5.74, 6) is 5.53. The van der Waals surface area contributed by atoms with Gasteiger partial charge in [0.25, 0.3) is 0 Å². The number of nitrogens with two attached hydrogens (primary N) is 1. The first kappa shape index (κ1) is 15.3. The summed E-state index contributed by atoms with van der Waals surface area (Å²) in [7, 11) is 0. The Morgan fingerprint density at radius 3 is 2.35 bits per heavy atom. The first-order chi connectivity index (χ1) is 9.43. The van der Waals surface area contributed by atoms with Crippen LogP contribution in [0.2, 0.25) is 0 Å². The number of benzene rings is 2. The zero-order valence-corrected chi connectivity index (χ0v) is 12.4. The van der Waals surface area contributed by atoms with E-state index in [-0.39, 0.29) is 0 Å². The van der Waals surface area contributed by atoms with Crippen LogP contribution in [-0.2, 0) is 6.18 Å². The molecule has 0 fully saturated rings. The van der Waals surface area contributed by atoms with E-state index in [0.29, 0.717) is 5.56 Å². The van der Waals surface area contributed by atoms with Crippen LogP contribution in [0.15, 0.2) is 48.5 Å². The van der Waals surface area contributed by atoms with Gasteiger partial charge in [-0.25, -0.2) is 5.43 Å². The molecule has 0 radical (unpaired) electrons. The molecule has 0 aliphatic rings. The molecule has 0 aromatic heterocycles. The van der Waals surface area contributed by atoms with E-state index >= 15 is 0 Å². The second-order valence-corrected chi connectivity index (χ2v) is 5.41. The summed E-state index contributed by atoms with van der Waals surface area (Å²) in [6.45, 7) is 0. The molecule has 0 spiro atoms. The zero-order valence-electron chi connectivity index (χ0n) is 10.3. The predicted molar refractivity (Wildman–Crippen MR) is 79.8 cm³/mol. The van der Waals surface area contributed by atoms with Crippen molar-refractivity contribution in [2.45, 2.75) is 12.2 Å². The molecule has 0 saturated carbocycles. The van der Waals surface area contributed by atoms with Gasteiger partial charge in [0.2, 0.25) is 0 Å². The third-order valence-electron chi connectivity index (χ3n) is 2.93. The topological polar surface area (TPSA) is 38.0 Å². The van der Waals surface area contributed by atoms with Gasteiger partial charge in [0, 0.05) is 3.57 Å². The fraction of sp³-hybridized carbons (Fsp3) is 0.143. The molecule has 0 aliphatic carbocycles. The summed E-state index contributed by atoms with van der Waals surface area (Å²) in [6, 6.07) is 12.1. The van der Waals surface area contributed by atoms with Gasteiger partial charge in [0.1, 0.15) is 0 Å². The fourth-order valence-corrected chi connectivity index (χ4v) is 2.67. The largest absolute Gasteiger partial charge is 0.416 e. The van der Waals surface area contributed by atoms with Crippen molar-refractivity contribution >= 4 is 22.6 Å². The highest BCUT2D eigenvalue weighted by atomic mass is 127. The van der Waals surface area contributed by atoms with Crippen molar-refractivity contribution in [3.05, 3.63) is 68.8 Å². The molecule has 0 saturated heterocycles. The quantitative estimate of drug-likeness (QED) is 0.473. The number of halogens is 4. The van der Waals surface area contributed by atoms with Crippen LogP contribution in [0.4, 0.5) is 13.2 Å². The molecule has 0 bridgehead atoms. The van der Waals surface area contributed by atoms with E-state index in [4.69, 9.17) is 5.84 Å². The minimum atomic E-state index is -4.36. The lowest BCUT2D eigenvalue weighted by atomic mass is 9.97. The molecule has 2 aromatic rings. The summed E-state index contributed by atoms with van der Waals surface area (Å²) in [5, 5.41) is 0. The number of alkyl halides is 3. The highest BCUT2D eigenvalue weighted by Crippen LogP contribution is 2.32. The molecule has 2 nitrogen and oxygen atoms in total. The van der Waals surface area contributed by atoms with Gasteiger partial charge in [-0.1, -0.05) is 30.3 Å². The van der Waals surface area contributed by atoms with E-state index in [0.717, 1.165) is 21.3 Å². The van der Waals surface area contributed by atoms with Gasteiger partial charge in [-0.15, -0.1) is 0 Å². The van der Waals surface area contributed by atoms with Gasteiger partial charge < -0.3 is 0 Å².